The third kappa shape index (κ3) is 7.37. The second-order valence-electron chi connectivity index (χ2n) is 6.98. The summed E-state index contributed by atoms with van der Waals surface area (Å²) in [5.41, 5.74) is 2.45. The normalized spacial score (nSPS) is 17.4. The molecule has 4 nitrogen and oxygen atoms in total. The van der Waals surface area contributed by atoms with Crippen LogP contribution in [0.25, 0.3) is 0 Å². The largest absolute Gasteiger partial charge is 0.489 e. The van der Waals surface area contributed by atoms with E-state index in [2.05, 4.69) is 23.0 Å². The van der Waals surface area contributed by atoms with Crippen LogP contribution < -0.4 is 10.6 Å². The lowest BCUT2D eigenvalue weighted by Crippen LogP contribution is -2.12. The number of hydrogen-bond acceptors (Lipinski definition) is 4. The SMILES string of the molecule is CC#SC(CC(=O)ON)c1ccc(OCC2=C[C@H](CCCC)CCC2)cc1. The predicted octanol–water partition coefficient (Wildman–Crippen LogP) is 5.54. The lowest BCUT2D eigenvalue weighted by atomic mass is 9.87. The van der Waals surface area contributed by atoms with Crippen molar-refractivity contribution < 1.29 is 14.4 Å². The number of unbranched alkanes of at least 4 members (excludes halogenated alkanes) is 1. The summed E-state index contributed by atoms with van der Waals surface area (Å²) in [4.78, 5) is 15.8. The Balaban J connectivity index is 1.93. The molecule has 27 heavy (non-hydrogen) atoms. The average Bonchev–Trinajstić information content (AvgIpc) is 2.71. The highest BCUT2D eigenvalue weighted by Crippen LogP contribution is 2.29. The smallest absolute Gasteiger partial charge is 0.326 e. The van der Waals surface area contributed by atoms with Crippen molar-refractivity contribution in [2.75, 3.05) is 6.61 Å². The van der Waals surface area contributed by atoms with E-state index in [0.717, 1.165) is 23.7 Å². The maximum atomic E-state index is 11.5. The van der Waals surface area contributed by atoms with E-state index < -0.39 is 5.97 Å². The fourth-order valence-corrected chi connectivity index (χ4v) is 4.23. The van der Waals surface area contributed by atoms with Gasteiger partial charge in [0.1, 0.15) is 12.4 Å². The molecule has 2 rings (SSSR count). The van der Waals surface area contributed by atoms with Crippen LogP contribution in [0.3, 0.4) is 0 Å². The van der Waals surface area contributed by atoms with Crippen molar-refractivity contribution in [2.24, 2.45) is 11.8 Å². The number of rotatable bonds is 9. The Morgan fingerprint density at radius 2 is 2.15 bits per heavy atom. The first-order valence-corrected chi connectivity index (χ1v) is 10.7. The van der Waals surface area contributed by atoms with E-state index in [1.54, 1.807) is 0 Å². The number of carbonyl (C=O) groups is 1. The van der Waals surface area contributed by atoms with E-state index in [-0.39, 0.29) is 11.7 Å². The predicted molar refractivity (Wildman–Crippen MR) is 112 cm³/mol. The summed E-state index contributed by atoms with van der Waals surface area (Å²) in [6.07, 6.45) is 10.2. The van der Waals surface area contributed by atoms with Crippen molar-refractivity contribution in [1.82, 2.24) is 0 Å². The van der Waals surface area contributed by atoms with E-state index >= 15 is 0 Å². The molecular weight excluding hydrogens is 358 g/mol. The number of benzene rings is 1. The first-order valence-electron chi connectivity index (χ1n) is 9.80. The summed E-state index contributed by atoms with van der Waals surface area (Å²) in [6.45, 7) is 4.74. The van der Waals surface area contributed by atoms with Crippen molar-refractivity contribution in [3.8, 4) is 10.9 Å². The van der Waals surface area contributed by atoms with Crippen molar-refractivity contribution in [3.05, 3.63) is 41.5 Å². The maximum absolute atomic E-state index is 11.5. The highest BCUT2D eigenvalue weighted by Gasteiger charge is 2.16. The van der Waals surface area contributed by atoms with Gasteiger partial charge < -0.3 is 9.57 Å². The molecule has 0 saturated carbocycles. The van der Waals surface area contributed by atoms with Gasteiger partial charge in [-0.2, -0.15) is 5.90 Å². The highest BCUT2D eigenvalue weighted by atomic mass is 32.1. The first kappa shape index (κ1) is 21.5. The van der Waals surface area contributed by atoms with Crippen molar-refractivity contribution in [3.63, 3.8) is 0 Å². The van der Waals surface area contributed by atoms with E-state index in [9.17, 15) is 4.79 Å². The van der Waals surface area contributed by atoms with Gasteiger partial charge in [-0.05, 0) is 61.8 Å². The molecule has 0 saturated heterocycles. The Hall–Kier alpha value is -1.81. The minimum absolute atomic E-state index is 0.0551. The van der Waals surface area contributed by atoms with Crippen LogP contribution in [0, 0.1) is 11.1 Å². The van der Waals surface area contributed by atoms with Gasteiger partial charge in [-0.15, -0.1) is 11.2 Å². The van der Waals surface area contributed by atoms with Crippen LogP contribution in [0.1, 0.15) is 69.6 Å². The van der Waals surface area contributed by atoms with Crippen LogP contribution in [0.5, 0.6) is 5.75 Å². The van der Waals surface area contributed by atoms with Gasteiger partial charge in [-0.25, -0.2) is 0 Å². The minimum Gasteiger partial charge on any atom is -0.489 e. The van der Waals surface area contributed by atoms with Gasteiger partial charge in [-0.1, -0.05) is 43.2 Å². The molecule has 0 radical (unpaired) electrons. The first-order chi connectivity index (χ1) is 13.2. The molecule has 0 aromatic heterocycles. The second kappa shape index (κ2) is 11.8. The molecule has 0 bridgehead atoms. The molecule has 1 aliphatic rings. The number of hydrogen-bond donors (Lipinski definition) is 1. The Labute approximate surface area is 166 Å². The fraction of sp³-hybridized carbons (Fsp3) is 0.545. The van der Waals surface area contributed by atoms with Crippen LogP contribution in [-0.2, 0) is 9.63 Å². The van der Waals surface area contributed by atoms with Gasteiger partial charge in [-0.3, -0.25) is 4.79 Å². The van der Waals surface area contributed by atoms with E-state index in [1.165, 1.54) is 48.8 Å². The van der Waals surface area contributed by atoms with Gasteiger partial charge in [0.15, 0.2) is 0 Å². The molecule has 2 N–H and O–H groups in total. The highest BCUT2D eigenvalue weighted by molar-refractivity contribution is 7.88. The fourth-order valence-electron chi connectivity index (χ4n) is 3.43. The van der Waals surface area contributed by atoms with Gasteiger partial charge in [0, 0.05) is 0 Å². The maximum Gasteiger partial charge on any atom is 0.326 e. The van der Waals surface area contributed by atoms with E-state index in [0.29, 0.717) is 6.61 Å². The third-order valence-electron chi connectivity index (χ3n) is 4.89. The Bertz CT molecular complexity index is 688. The molecular formula is C22H31NO3S. The Morgan fingerprint density at radius 3 is 2.81 bits per heavy atom. The van der Waals surface area contributed by atoms with Crippen LogP contribution >= 0.6 is 11.2 Å². The summed E-state index contributed by atoms with van der Waals surface area (Å²) >= 11 is 1.47. The van der Waals surface area contributed by atoms with Crippen molar-refractivity contribution >= 4 is 17.1 Å². The molecule has 0 amide bonds. The Morgan fingerprint density at radius 1 is 1.37 bits per heavy atom. The molecule has 2 atom stereocenters. The summed E-state index contributed by atoms with van der Waals surface area (Å²) < 4.78 is 5.99. The molecule has 0 heterocycles. The molecule has 0 aliphatic heterocycles. The van der Waals surface area contributed by atoms with Crippen LogP contribution in [0.15, 0.2) is 35.9 Å². The van der Waals surface area contributed by atoms with Gasteiger partial charge in [0.05, 0.1) is 11.7 Å². The minimum atomic E-state index is -0.426. The zero-order chi connectivity index (χ0) is 19.5. The quantitative estimate of drug-likeness (QED) is 0.445. The molecule has 0 fully saturated rings. The number of nitrogens with two attached hydrogens (primary N) is 1. The van der Waals surface area contributed by atoms with Gasteiger partial charge in [0.25, 0.3) is 0 Å². The van der Waals surface area contributed by atoms with E-state index in [4.69, 9.17) is 10.6 Å². The van der Waals surface area contributed by atoms with Crippen LogP contribution in [0.4, 0.5) is 0 Å². The zero-order valence-corrected chi connectivity index (χ0v) is 17.2. The topological polar surface area (TPSA) is 61.5 Å². The average molecular weight is 390 g/mol. The van der Waals surface area contributed by atoms with Gasteiger partial charge in [0.2, 0.25) is 0 Å². The Kier molecular flexibility index (Phi) is 9.40. The molecule has 1 aromatic carbocycles. The lowest BCUT2D eigenvalue weighted by Gasteiger charge is -2.21. The summed E-state index contributed by atoms with van der Waals surface area (Å²) in [7, 11) is 0. The lowest BCUT2D eigenvalue weighted by molar-refractivity contribution is -0.144. The number of ether oxygens (including phenoxy) is 1. The number of carbonyl (C=O) groups excluding carboxylic acids is 1. The molecule has 1 unspecified atom stereocenters. The van der Waals surface area contributed by atoms with E-state index in [1.807, 2.05) is 31.2 Å². The molecule has 0 spiro atoms. The standard InChI is InChI=1S/C22H31NO3S/c1-3-5-7-17-8-6-9-18(14-17)16-25-20-12-10-19(11-13-20)21(27-4-2)15-22(24)26-23/h10-14,17,21H,3,5-9,15-16,23H2,1-2H3/t17-,21?/m1/s1. The molecule has 1 aliphatic carbocycles. The summed E-state index contributed by atoms with van der Waals surface area (Å²) in [6, 6.07) is 7.91. The molecule has 1 aromatic rings. The van der Waals surface area contributed by atoms with Crippen LogP contribution in [0.2, 0.25) is 0 Å². The van der Waals surface area contributed by atoms with Crippen molar-refractivity contribution in [1.29, 1.82) is 0 Å². The van der Waals surface area contributed by atoms with Crippen molar-refractivity contribution in [2.45, 2.75) is 64.0 Å². The molecule has 5 heteroatoms. The molecule has 148 valence electrons. The van der Waals surface area contributed by atoms with Crippen LogP contribution in [-0.4, -0.2) is 12.6 Å². The summed E-state index contributed by atoms with van der Waals surface area (Å²) in [5, 5.41) is 2.97. The van der Waals surface area contributed by atoms with Gasteiger partial charge >= 0.3 is 5.97 Å². The number of allylic oxidation sites excluding steroid dienone is 1. The third-order valence-corrected chi connectivity index (χ3v) is 5.85. The summed E-state index contributed by atoms with van der Waals surface area (Å²) in [5.74, 6) is 6.11. The second-order valence-corrected chi connectivity index (χ2v) is 8.19. The monoisotopic (exact) mass is 389 g/mol. The zero-order valence-electron chi connectivity index (χ0n) is 16.4.